The molecule has 0 aromatic heterocycles. The summed E-state index contributed by atoms with van der Waals surface area (Å²) in [5.41, 5.74) is 3.00. The molecule has 3 aliphatic carbocycles. The molecule has 2 aromatic rings. The third-order valence-electron chi connectivity index (χ3n) is 9.02. The van der Waals surface area contributed by atoms with Crippen molar-refractivity contribution in [1.82, 2.24) is 5.32 Å². The van der Waals surface area contributed by atoms with Gasteiger partial charge in [0.25, 0.3) is 5.91 Å². The monoisotopic (exact) mass is 513 g/mol. The smallest absolute Gasteiger partial charge is 0.251 e. The van der Waals surface area contributed by atoms with E-state index in [1.807, 2.05) is 12.1 Å². The predicted molar refractivity (Wildman–Crippen MR) is 139 cm³/mol. The van der Waals surface area contributed by atoms with Gasteiger partial charge in [-0.1, -0.05) is 42.6 Å². The molecular weight excluding hydrogens is 481 g/mol. The van der Waals surface area contributed by atoms with Gasteiger partial charge >= 0.3 is 0 Å². The molecule has 186 valence electrons. The minimum absolute atomic E-state index is 0.144. The van der Waals surface area contributed by atoms with Crippen LogP contribution in [0.5, 0.6) is 5.75 Å². The van der Waals surface area contributed by atoms with Crippen LogP contribution in [0.25, 0.3) is 0 Å². The Morgan fingerprint density at radius 2 is 1.94 bits per heavy atom. The fraction of sp³-hybridized carbons (Fsp3) is 0.517. The Hall–Kier alpha value is -2.04. The Balaban J connectivity index is 1.20. The van der Waals surface area contributed by atoms with E-state index in [1.165, 1.54) is 11.1 Å². The Morgan fingerprint density at radius 1 is 1.11 bits per heavy atom. The molecule has 35 heavy (non-hydrogen) atoms. The lowest BCUT2D eigenvalue weighted by Crippen LogP contribution is -2.44. The first-order valence-electron chi connectivity index (χ1n) is 12.9. The molecule has 6 heteroatoms. The number of Topliss-reactive ketones (excluding diaryl/α,β-unsaturated/α-hetero) is 1. The van der Waals surface area contributed by atoms with Crippen LogP contribution in [-0.2, 0) is 11.2 Å². The molecule has 5 atom stereocenters. The Kier molecular flexibility index (Phi) is 6.89. The van der Waals surface area contributed by atoms with Crippen LogP contribution in [0.3, 0.4) is 0 Å². The van der Waals surface area contributed by atoms with Crippen LogP contribution in [-0.4, -0.2) is 23.3 Å². The van der Waals surface area contributed by atoms with Crippen molar-refractivity contribution >= 4 is 34.9 Å². The number of benzene rings is 2. The lowest BCUT2D eigenvalue weighted by Gasteiger charge is -2.50. The van der Waals surface area contributed by atoms with Crippen molar-refractivity contribution in [3.63, 3.8) is 0 Å². The van der Waals surface area contributed by atoms with E-state index in [0.29, 0.717) is 63.8 Å². The molecule has 5 rings (SSSR count). The number of carbonyl (C=O) groups is 2. The topological polar surface area (TPSA) is 66.4 Å². The highest BCUT2D eigenvalue weighted by Gasteiger charge is 2.58. The number of halogens is 2. The maximum atomic E-state index is 13.2. The van der Waals surface area contributed by atoms with Crippen LogP contribution in [0.4, 0.5) is 0 Å². The van der Waals surface area contributed by atoms with Crippen LogP contribution < -0.4 is 5.32 Å². The number of fused-ring (bicyclic) bond motifs is 5. The number of amides is 1. The fourth-order valence-electron chi connectivity index (χ4n) is 7.37. The molecule has 0 aliphatic heterocycles. The van der Waals surface area contributed by atoms with E-state index in [2.05, 4.69) is 18.3 Å². The highest BCUT2D eigenvalue weighted by atomic mass is 35.5. The second-order valence-corrected chi connectivity index (χ2v) is 11.8. The molecule has 1 amide bonds. The average molecular weight is 514 g/mol. The van der Waals surface area contributed by atoms with Gasteiger partial charge < -0.3 is 10.4 Å². The van der Waals surface area contributed by atoms with Crippen molar-refractivity contribution in [3.8, 4) is 5.75 Å². The van der Waals surface area contributed by atoms with Gasteiger partial charge in [0.05, 0.1) is 10.0 Å². The predicted octanol–water partition coefficient (Wildman–Crippen LogP) is 6.95. The minimum atomic E-state index is -0.192. The number of hydrogen-bond donors (Lipinski definition) is 2. The zero-order valence-corrected chi connectivity index (χ0v) is 21.7. The summed E-state index contributed by atoms with van der Waals surface area (Å²) in [6.45, 7) is 2.82. The lowest BCUT2D eigenvalue weighted by molar-refractivity contribution is -0.129. The zero-order chi connectivity index (χ0) is 24.7. The molecule has 2 fully saturated rings. The molecular formula is C29H33Cl2NO3. The summed E-state index contributed by atoms with van der Waals surface area (Å²) in [5.74, 6) is 2.55. The number of nitrogens with one attached hydrogen (secondary N) is 1. The maximum absolute atomic E-state index is 13.2. The van der Waals surface area contributed by atoms with Crippen molar-refractivity contribution in [2.24, 2.45) is 23.2 Å². The van der Waals surface area contributed by atoms with Gasteiger partial charge in [0.1, 0.15) is 11.5 Å². The highest BCUT2D eigenvalue weighted by Crippen LogP contribution is 2.62. The van der Waals surface area contributed by atoms with E-state index in [1.54, 1.807) is 18.2 Å². The van der Waals surface area contributed by atoms with Gasteiger partial charge in [-0.2, -0.15) is 0 Å². The van der Waals surface area contributed by atoms with Crippen LogP contribution in [0.15, 0.2) is 36.4 Å². The van der Waals surface area contributed by atoms with Gasteiger partial charge in [-0.05, 0) is 104 Å². The summed E-state index contributed by atoms with van der Waals surface area (Å²) < 4.78 is 0. The molecule has 0 bridgehead atoms. The van der Waals surface area contributed by atoms with E-state index in [9.17, 15) is 14.7 Å². The molecule has 2 aromatic carbocycles. The third-order valence-corrected chi connectivity index (χ3v) is 9.76. The second-order valence-electron chi connectivity index (χ2n) is 10.9. The summed E-state index contributed by atoms with van der Waals surface area (Å²) in [7, 11) is 0. The normalized spacial score (nSPS) is 29.3. The maximum Gasteiger partial charge on any atom is 0.251 e. The lowest BCUT2D eigenvalue weighted by atomic mass is 9.54. The first-order chi connectivity index (χ1) is 16.8. The van der Waals surface area contributed by atoms with Gasteiger partial charge in [-0.25, -0.2) is 0 Å². The first kappa shape index (κ1) is 24.6. The van der Waals surface area contributed by atoms with Gasteiger partial charge in [-0.15, -0.1) is 0 Å². The summed E-state index contributed by atoms with van der Waals surface area (Å²) in [6.07, 6.45) is 7.72. The molecule has 0 saturated heterocycles. The number of unbranched alkanes of at least 4 members (excludes halogenated alkanes) is 1. The molecule has 3 aliphatic rings. The Bertz CT molecular complexity index is 1150. The molecule has 0 radical (unpaired) electrons. The van der Waals surface area contributed by atoms with Crippen molar-refractivity contribution in [3.05, 3.63) is 63.1 Å². The average Bonchev–Trinajstić information content (AvgIpc) is 3.09. The highest BCUT2D eigenvalue weighted by molar-refractivity contribution is 6.42. The number of phenolic OH excluding ortho intramolecular Hbond substituents is 1. The molecule has 2 N–H and O–H groups in total. The number of phenols is 1. The Morgan fingerprint density at radius 3 is 2.74 bits per heavy atom. The molecule has 4 nitrogen and oxygen atoms in total. The van der Waals surface area contributed by atoms with E-state index in [-0.39, 0.29) is 11.3 Å². The number of hydrogen-bond acceptors (Lipinski definition) is 3. The van der Waals surface area contributed by atoms with Gasteiger partial charge in [0.15, 0.2) is 0 Å². The summed E-state index contributed by atoms with van der Waals surface area (Å²) in [4.78, 5) is 25.6. The van der Waals surface area contributed by atoms with Crippen LogP contribution in [0.1, 0.15) is 79.3 Å². The number of aromatic hydroxyl groups is 1. The summed E-state index contributed by atoms with van der Waals surface area (Å²) in [6, 6.07) is 10.8. The quantitative estimate of drug-likeness (QED) is 0.410. The number of aryl methyl sites for hydroxylation is 1. The third kappa shape index (κ3) is 4.60. The molecule has 2 saturated carbocycles. The van der Waals surface area contributed by atoms with Crippen molar-refractivity contribution < 1.29 is 14.7 Å². The van der Waals surface area contributed by atoms with E-state index < -0.39 is 0 Å². The molecule has 0 unspecified atom stereocenters. The van der Waals surface area contributed by atoms with Crippen LogP contribution >= 0.6 is 23.2 Å². The first-order valence-corrected chi connectivity index (χ1v) is 13.6. The van der Waals surface area contributed by atoms with Crippen LogP contribution in [0, 0.1) is 23.2 Å². The molecule has 0 heterocycles. The largest absolute Gasteiger partial charge is 0.508 e. The second kappa shape index (κ2) is 9.78. The van der Waals surface area contributed by atoms with Gasteiger partial charge in [0, 0.05) is 23.9 Å². The molecule has 0 spiro atoms. The number of rotatable bonds is 6. The van der Waals surface area contributed by atoms with Crippen molar-refractivity contribution in [2.75, 3.05) is 6.54 Å². The van der Waals surface area contributed by atoms with E-state index in [0.717, 1.165) is 44.9 Å². The van der Waals surface area contributed by atoms with E-state index >= 15 is 0 Å². The van der Waals surface area contributed by atoms with E-state index in [4.69, 9.17) is 23.2 Å². The number of ketones is 1. The number of carbonyl (C=O) groups excluding carboxylic acids is 2. The summed E-state index contributed by atoms with van der Waals surface area (Å²) in [5, 5.41) is 13.7. The fourth-order valence-corrected chi connectivity index (χ4v) is 7.66. The van der Waals surface area contributed by atoms with Gasteiger partial charge in [0.2, 0.25) is 0 Å². The zero-order valence-electron chi connectivity index (χ0n) is 20.2. The summed E-state index contributed by atoms with van der Waals surface area (Å²) >= 11 is 12.0. The SMILES string of the molecule is C[C@]12CC[C@@H]3c4ccc(O)cc4CC[C@H]3[C@@H]1[C@@H](CCCCNC(=O)c1ccc(Cl)c(Cl)c1)CC2=O. The van der Waals surface area contributed by atoms with Crippen molar-refractivity contribution in [1.29, 1.82) is 0 Å². The minimum Gasteiger partial charge on any atom is -0.508 e. The Labute approximate surface area is 217 Å². The standard InChI is InChI=1S/C29H33Cl2NO3/c1-29-12-11-22-21-9-7-20(33)14-17(21)5-8-23(22)27(29)18(16-26(29)34)4-2-3-13-32-28(35)19-6-10-24(30)25(31)15-19/h6-7,9-10,14-15,18,22-23,27,33H,2-5,8,11-13,16H2,1H3,(H,32,35)/t18-,22+,23+,27-,29+/m0/s1. The van der Waals surface area contributed by atoms with Gasteiger partial charge in [-0.3, -0.25) is 9.59 Å². The van der Waals surface area contributed by atoms with Crippen LogP contribution in [0.2, 0.25) is 10.0 Å². The van der Waals surface area contributed by atoms with Crippen molar-refractivity contribution in [2.45, 2.75) is 64.2 Å².